The van der Waals surface area contributed by atoms with Crippen LogP contribution in [0.3, 0.4) is 0 Å². The molecule has 7 aromatic heterocycles. The topological polar surface area (TPSA) is 221 Å². The molecule has 8 bridgehead atoms. The van der Waals surface area contributed by atoms with Crippen LogP contribution in [0.5, 0.6) is 11.5 Å². The second-order valence-corrected chi connectivity index (χ2v) is 37.4. The van der Waals surface area contributed by atoms with Crippen molar-refractivity contribution in [1.29, 1.82) is 0 Å². The number of H-pyrrole nitrogens is 2. The van der Waals surface area contributed by atoms with E-state index in [0.29, 0.717) is 204 Å². The van der Waals surface area contributed by atoms with Crippen LogP contribution < -0.4 is 49.6 Å². The van der Waals surface area contributed by atoms with Gasteiger partial charge in [-0.2, -0.15) is 0 Å². The molecular weight excluding hydrogens is 1880 g/mol. The normalized spacial score (nSPS) is 14.0. The molecule has 28 heteroatoms. The predicted molar refractivity (Wildman–Crippen MR) is 585 cm³/mol. The van der Waals surface area contributed by atoms with Crippen molar-refractivity contribution in [3.8, 4) is 102 Å². The first kappa shape index (κ1) is 101. The monoisotopic (exact) mass is 1990 g/mol. The molecule has 4 fully saturated rings. The molecule has 21 rings (SSSR count). The number of aromatic nitrogens is 8. The zero-order valence-electron chi connectivity index (χ0n) is 84.5. The Morgan fingerprint density at radius 2 is 0.513 bits per heavy atom. The zero-order chi connectivity index (χ0) is 101. The minimum Gasteiger partial charge on any atom is -0.491 e. The lowest BCUT2D eigenvalue weighted by Gasteiger charge is -2.19. The Morgan fingerprint density at radius 1 is 0.260 bits per heavy atom. The van der Waals surface area contributed by atoms with Crippen molar-refractivity contribution in [3.63, 3.8) is 0 Å². The van der Waals surface area contributed by atoms with Gasteiger partial charge in [-0.1, -0.05) is 181 Å². The Hall–Kier alpha value is -14.6. The lowest BCUT2D eigenvalue weighted by atomic mass is 9.78. The summed E-state index contributed by atoms with van der Waals surface area (Å²) in [5.41, 5.74) is 28.4. The first-order chi connectivity index (χ1) is 74.2. The summed E-state index contributed by atoms with van der Waals surface area (Å²) in [4.78, 5) is 19.6. The molecule has 0 atom stereocenters. The molecule has 15 aromatic rings. The number of benzene rings is 8. The Balaban J connectivity index is 0.710. The molecule has 0 radical (unpaired) electrons. The molecular formula is C122H118B4N8O16+4. The molecule has 24 nitrogen and oxygen atoms in total. The molecule has 150 heavy (non-hydrogen) atoms. The minimum atomic E-state index is -0.360. The first-order valence-electron chi connectivity index (χ1n) is 51.7. The third kappa shape index (κ3) is 25.7. The fraction of sp³-hybridized carbons (Fsp3) is 0.246. The van der Waals surface area contributed by atoms with Gasteiger partial charge < -0.3 is 85.1 Å². The number of rotatable bonds is 38. The predicted octanol–water partition coefficient (Wildman–Crippen LogP) is 15.4. The van der Waals surface area contributed by atoms with Crippen LogP contribution in [0.1, 0.15) is 93.0 Å². The second-order valence-electron chi connectivity index (χ2n) is 37.4. The molecule has 2 N–H and O–H groups in total. The number of aromatic amines is 2. The van der Waals surface area contributed by atoms with Gasteiger partial charge >= 0.3 is 28.5 Å². The van der Waals surface area contributed by atoms with Crippen molar-refractivity contribution < 1.29 is 93.4 Å². The Morgan fingerprint density at radius 3 is 0.793 bits per heavy atom. The molecule has 0 aliphatic carbocycles. The highest BCUT2D eigenvalue weighted by Gasteiger charge is 2.31. The van der Waals surface area contributed by atoms with Crippen LogP contribution in [-0.2, 0) is 91.8 Å². The molecule has 0 unspecified atom stereocenters. The summed E-state index contributed by atoms with van der Waals surface area (Å²) in [6, 6.07) is 89.2. The number of methoxy groups -OCH3 is 2. The highest BCUT2D eigenvalue weighted by molar-refractivity contribution is 6.62. The number of nitrogens with one attached hydrogen (secondary N) is 2. The van der Waals surface area contributed by atoms with E-state index in [4.69, 9.17) is 85.1 Å². The molecule has 0 amide bonds. The first-order valence-corrected chi connectivity index (χ1v) is 51.7. The second kappa shape index (κ2) is 50.6. The maximum Gasteiger partial charge on any atom is 0.493 e. The number of fused-ring (bicyclic) bond motifs is 8. The van der Waals surface area contributed by atoms with Gasteiger partial charge in [0.1, 0.15) is 24.7 Å². The standard InChI is InChI=1S/C122H117B4N8O16/c1-135-73-75-137-77-79-139-81-83-141-103-33-21-97(22-34-103)121-117-45-41-113(127-117)111(39-37-109-105(93-49-57-131(58-50-93)85-89-13-25-99(26-14-89)123-143-65-5-66-144-123)9-3-10-106(109)94-51-59-132(60-52-94)86-90-15-27-100(28-16-90)124-145-67-6-68-146-124)115-43-47-119(129-115)122(98-23-35-104(36-24-98)142-84-82-140-80-78-138-76-74-136-2)120-48-44-116(130-120)112(114-42-46-118(121)128-114)40-38-110-107(95-53-61-133(62-54-95)87-91-17-29-101(30-18-91)125-147-69-7-70-148-125)11-4-12-108(110)96-55-63-134(64-56-96)88-92-19-31-102(32-20-92)126-149-71-8-72-150-126/h3-4,9-36,41-64H,5-8,65-88H2,1-2H3,(H,127,128,129,130)/q+3/p+1. The van der Waals surface area contributed by atoms with E-state index in [9.17, 15) is 0 Å². The number of nitrogens with zero attached hydrogens (tertiary/aromatic N) is 6. The molecule has 0 saturated carbocycles. The summed E-state index contributed by atoms with van der Waals surface area (Å²) in [6.45, 7) is 13.2. The van der Waals surface area contributed by atoms with Crippen LogP contribution >= 0.6 is 0 Å². The average molecular weight is 2000 g/mol. The fourth-order valence-corrected chi connectivity index (χ4v) is 19.1. The number of hydrogen-bond acceptors (Lipinski definition) is 18. The number of pyridine rings is 4. The van der Waals surface area contributed by atoms with Crippen LogP contribution in [0.2, 0.25) is 0 Å². The van der Waals surface area contributed by atoms with E-state index in [1.54, 1.807) is 14.2 Å². The smallest absolute Gasteiger partial charge is 0.491 e. The van der Waals surface area contributed by atoms with Crippen molar-refractivity contribution in [2.24, 2.45) is 0 Å². The van der Waals surface area contributed by atoms with Crippen molar-refractivity contribution >= 4 is 96.7 Å². The Bertz CT molecular complexity index is 6800. The van der Waals surface area contributed by atoms with Crippen LogP contribution in [0.25, 0.3) is 113 Å². The maximum atomic E-state index is 6.39. The molecule has 6 aliphatic heterocycles. The van der Waals surface area contributed by atoms with Crippen LogP contribution in [-0.4, -0.2) is 195 Å². The van der Waals surface area contributed by atoms with E-state index in [-0.39, 0.29) is 28.5 Å². The van der Waals surface area contributed by atoms with E-state index in [2.05, 4.69) is 356 Å². The van der Waals surface area contributed by atoms with Crippen molar-refractivity contribution in [3.05, 3.63) is 372 Å². The van der Waals surface area contributed by atoms with Gasteiger partial charge in [0.25, 0.3) is 0 Å². The summed E-state index contributed by atoms with van der Waals surface area (Å²) in [5, 5.41) is 0. The molecule has 6 aliphatic rings. The quantitative estimate of drug-likeness (QED) is 0.0159. The molecule has 0 spiro atoms. The molecule has 4 saturated heterocycles. The van der Waals surface area contributed by atoms with E-state index in [0.717, 1.165) is 170 Å². The Labute approximate surface area is 876 Å². The Kier molecular flexibility index (Phi) is 34.2. The summed E-state index contributed by atoms with van der Waals surface area (Å²) in [6.07, 6.45) is 29.0. The molecule has 750 valence electrons. The van der Waals surface area contributed by atoms with Gasteiger partial charge in [-0.05, 0) is 176 Å². The zero-order valence-corrected chi connectivity index (χ0v) is 84.5. The molecule has 13 heterocycles. The lowest BCUT2D eigenvalue weighted by molar-refractivity contribution is -0.688. The van der Waals surface area contributed by atoms with Crippen LogP contribution in [0.4, 0.5) is 0 Å². The lowest BCUT2D eigenvalue weighted by Crippen LogP contribution is -2.41. The summed E-state index contributed by atoms with van der Waals surface area (Å²) in [7, 11) is 1.88. The third-order valence-electron chi connectivity index (χ3n) is 27.0. The van der Waals surface area contributed by atoms with Gasteiger partial charge in [0, 0.05) is 171 Å². The van der Waals surface area contributed by atoms with Crippen LogP contribution in [0.15, 0.2) is 304 Å². The van der Waals surface area contributed by atoms with E-state index >= 15 is 0 Å². The van der Waals surface area contributed by atoms with Gasteiger partial charge in [-0.3, -0.25) is 0 Å². The van der Waals surface area contributed by atoms with E-state index in [1.165, 1.54) is 0 Å². The molecule has 8 aromatic carbocycles. The fourth-order valence-electron chi connectivity index (χ4n) is 19.1. The minimum absolute atomic E-state index is 0.329. The van der Waals surface area contributed by atoms with Gasteiger partial charge in [0.15, 0.2) is 75.8 Å². The number of hydrogen-bond donors (Lipinski definition) is 2. The van der Waals surface area contributed by atoms with Crippen molar-refractivity contribution in [2.45, 2.75) is 51.9 Å². The van der Waals surface area contributed by atoms with Gasteiger partial charge in [-0.25, -0.2) is 28.2 Å². The summed E-state index contributed by atoms with van der Waals surface area (Å²) < 4.78 is 103. The SMILES string of the molecule is COCCOCCOCCOc1ccc(-c2c3nc(c(C#Cc4c(-c5cc[n+](Cc6ccc(B7OCCCO7)cc6)cc5)cccc4-c4cc[n+](Cc5ccc(B6OCCCO6)cc5)cc4)c4ccc([nH]4)c(-c4ccc(OCCOCCOCCOC)cc4)c4nc(c(C#Cc5c(-c6cc[n+](Cc7ccc(B8OCCCO8)cc7)cc6)cccc5-c5cc[n+](Cc6ccc(B7OCCCO7)cc6)cc5)c5ccc2[nH]5)C=C4)C=C3)cc1. The highest BCUT2D eigenvalue weighted by atomic mass is 16.6. The maximum absolute atomic E-state index is 6.39. The average Bonchev–Trinajstić information content (AvgIpc) is 1.63. The van der Waals surface area contributed by atoms with Crippen molar-refractivity contribution in [1.82, 2.24) is 19.9 Å². The number of ether oxygens (including phenoxy) is 8. The van der Waals surface area contributed by atoms with E-state index < -0.39 is 0 Å². The third-order valence-corrected chi connectivity index (χ3v) is 27.0. The van der Waals surface area contributed by atoms with E-state index in [1.807, 2.05) is 24.3 Å². The highest BCUT2D eigenvalue weighted by Crippen LogP contribution is 2.39. The largest absolute Gasteiger partial charge is 0.493 e. The van der Waals surface area contributed by atoms with Gasteiger partial charge in [0.2, 0.25) is 0 Å². The summed E-state index contributed by atoms with van der Waals surface area (Å²) in [5.74, 6) is 16.9. The van der Waals surface area contributed by atoms with Crippen molar-refractivity contribution in [2.75, 3.05) is 146 Å². The van der Waals surface area contributed by atoms with Gasteiger partial charge in [-0.15, -0.1) is 0 Å². The van der Waals surface area contributed by atoms with Crippen LogP contribution in [0, 0.1) is 23.7 Å². The van der Waals surface area contributed by atoms with Gasteiger partial charge in [0.05, 0.1) is 111 Å². The summed E-state index contributed by atoms with van der Waals surface area (Å²) >= 11 is 0.